The number of anilines is 1. The van der Waals surface area contributed by atoms with Crippen LogP contribution in [0.15, 0.2) is 58.2 Å². The van der Waals surface area contributed by atoms with Gasteiger partial charge in [-0.25, -0.2) is 8.42 Å². The molecule has 23 heavy (non-hydrogen) atoms. The molecule has 0 fully saturated rings. The van der Waals surface area contributed by atoms with Crippen molar-refractivity contribution in [2.24, 2.45) is 7.05 Å². The number of rotatable bonds is 0. The zero-order chi connectivity index (χ0) is 16.4. The van der Waals surface area contributed by atoms with Gasteiger partial charge in [-0.15, -0.1) is 0 Å². The summed E-state index contributed by atoms with van der Waals surface area (Å²) in [5, 5.41) is 0.860. The van der Waals surface area contributed by atoms with E-state index in [2.05, 4.69) is 0 Å². The van der Waals surface area contributed by atoms with E-state index < -0.39 is 10.0 Å². The minimum atomic E-state index is -3.56. The number of nitrogens with zero attached hydrogens (tertiary/aromatic N) is 2. The van der Waals surface area contributed by atoms with Gasteiger partial charge in [0.25, 0.3) is 15.6 Å². The van der Waals surface area contributed by atoms with Crippen molar-refractivity contribution in [3.05, 3.63) is 58.9 Å². The molecule has 0 saturated heterocycles. The van der Waals surface area contributed by atoms with E-state index in [-0.39, 0.29) is 10.5 Å². The molecular formula is C17H14N2O3S. The van der Waals surface area contributed by atoms with E-state index in [1.54, 1.807) is 49.0 Å². The fourth-order valence-corrected chi connectivity index (χ4v) is 4.57. The van der Waals surface area contributed by atoms with Crippen molar-refractivity contribution < 1.29 is 8.42 Å². The molecule has 1 aromatic heterocycles. The maximum Gasteiger partial charge on any atom is 0.264 e. The summed E-state index contributed by atoms with van der Waals surface area (Å²) in [6, 6.07) is 13.8. The predicted octanol–water partition coefficient (Wildman–Crippen LogP) is 2.34. The molecule has 3 aromatic rings. The number of pyridine rings is 1. The Bertz CT molecular complexity index is 1130. The topological polar surface area (TPSA) is 59.4 Å². The van der Waals surface area contributed by atoms with Crippen molar-refractivity contribution in [2.75, 3.05) is 11.4 Å². The Morgan fingerprint density at radius 1 is 0.913 bits per heavy atom. The van der Waals surface area contributed by atoms with E-state index >= 15 is 0 Å². The maximum atomic E-state index is 12.7. The lowest BCUT2D eigenvalue weighted by Gasteiger charge is -2.30. The van der Waals surface area contributed by atoms with Crippen LogP contribution in [-0.2, 0) is 17.1 Å². The molecule has 1 aliphatic rings. The van der Waals surface area contributed by atoms with Crippen LogP contribution < -0.4 is 9.86 Å². The monoisotopic (exact) mass is 326 g/mol. The summed E-state index contributed by atoms with van der Waals surface area (Å²) in [5.74, 6) is 0. The van der Waals surface area contributed by atoms with E-state index in [4.69, 9.17) is 0 Å². The number of benzene rings is 2. The van der Waals surface area contributed by atoms with Gasteiger partial charge in [0.2, 0.25) is 0 Å². The minimum Gasteiger partial charge on any atom is -0.311 e. The second kappa shape index (κ2) is 4.45. The third-order valence-electron chi connectivity index (χ3n) is 4.42. The second-order valence-corrected chi connectivity index (χ2v) is 7.53. The van der Waals surface area contributed by atoms with Crippen LogP contribution in [0.4, 0.5) is 5.69 Å². The first-order valence-corrected chi connectivity index (χ1v) is 8.58. The third kappa shape index (κ3) is 1.72. The fourth-order valence-electron chi connectivity index (χ4n) is 3.16. The first-order valence-electron chi connectivity index (χ1n) is 7.14. The predicted molar refractivity (Wildman–Crippen MR) is 90.2 cm³/mol. The lowest BCUT2D eigenvalue weighted by atomic mass is 9.98. The third-order valence-corrected chi connectivity index (χ3v) is 6.25. The molecule has 0 spiro atoms. The molecule has 0 atom stereocenters. The van der Waals surface area contributed by atoms with E-state index in [0.29, 0.717) is 11.3 Å². The van der Waals surface area contributed by atoms with Gasteiger partial charge in [0, 0.05) is 36.7 Å². The number of fused-ring (bicyclic) bond motifs is 5. The zero-order valence-corrected chi connectivity index (χ0v) is 13.5. The SMILES string of the molecule is CN1c2ccc3c(ccc(=O)n3C)c2-c2ccccc2S1(=O)=O. The first-order chi connectivity index (χ1) is 10.9. The number of hydrogen-bond donors (Lipinski definition) is 0. The van der Waals surface area contributed by atoms with Gasteiger partial charge in [-0.1, -0.05) is 18.2 Å². The van der Waals surface area contributed by atoms with Gasteiger partial charge in [-0.3, -0.25) is 9.10 Å². The van der Waals surface area contributed by atoms with Crippen molar-refractivity contribution in [2.45, 2.75) is 4.90 Å². The zero-order valence-electron chi connectivity index (χ0n) is 12.6. The van der Waals surface area contributed by atoms with Gasteiger partial charge in [0.05, 0.1) is 16.1 Å². The van der Waals surface area contributed by atoms with Crippen LogP contribution in [0.25, 0.3) is 22.0 Å². The summed E-state index contributed by atoms with van der Waals surface area (Å²) in [6.07, 6.45) is 0. The Labute approximate surface area is 133 Å². The number of hydrogen-bond acceptors (Lipinski definition) is 3. The van der Waals surface area contributed by atoms with Gasteiger partial charge < -0.3 is 4.57 Å². The van der Waals surface area contributed by atoms with Crippen LogP contribution in [0.3, 0.4) is 0 Å². The number of aromatic nitrogens is 1. The van der Waals surface area contributed by atoms with Gasteiger partial charge in [-0.2, -0.15) is 0 Å². The molecule has 0 aliphatic carbocycles. The quantitative estimate of drug-likeness (QED) is 0.637. The average Bonchev–Trinajstić information content (AvgIpc) is 2.55. The molecule has 116 valence electrons. The number of aryl methyl sites for hydroxylation is 1. The molecule has 4 rings (SSSR count). The molecule has 1 aliphatic heterocycles. The largest absolute Gasteiger partial charge is 0.311 e. The lowest BCUT2D eigenvalue weighted by molar-refractivity contribution is 0.594. The average molecular weight is 326 g/mol. The molecular weight excluding hydrogens is 312 g/mol. The molecule has 0 saturated carbocycles. The lowest BCUT2D eigenvalue weighted by Crippen LogP contribution is -2.30. The van der Waals surface area contributed by atoms with E-state index in [1.165, 1.54) is 10.4 Å². The van der Waals surface area contributed by atoms with Crippen LogP contribution in [0.5, 0.6) is 0 Å². The minimum absolute atomic E-state index is 0.0949. The molecule has 0 bridgehead atoms. The van der Waals surface area contributed by atoms with Crippen molar-refractivity contribution in [1.29, 1.82) is 0 Å². The summed E-state index contributed by atoms with van der Waals surface area (Å²) < 4.78 is 28.3. The van der Waals surface area contributed by atoms with Crippen molar-refractivity contribution in [1.82, 2.24) is 4.57 Å². The number of sulfonamides is 1. The van der Waals surface area contributed by atoms with Crippen LogP contribution in [0.1, 0.15) is 0 Å². The Balaban J connectivity index is 2.25. The van der Waals surface area contributed by atoms with Crippen LogP contribution in [-0.4, -0.2) is 20.0 Å². The summed E-state index contributed by atoms with van der Waals surface area (Å²) in [6.45, 7) is 0. The van der Waals surface area contributed by atoms with Crippen molar-refractivity contribution in [3.63, 3.8) is 0 Å². The molecule has 6 heteroatoms. The summed E-state index contributed by atoms with van der Waals surface area (Å²) in [4.78, 5) is 12.2. The molecule has 0 radical (unpaired) electrons. The van der Waals surface area contributed by atoms with Crippen molar-refractivity contribution >= 4 is 26.6 Å². The normalized spacial score (nSPS) is 15.3. The Kier molecular flexibility index (Phi) is 2.72. The van der Waals surface area contributed by atoms with Crippen molar-refractivity contribution in [3.8, 4) is 11.1 Å². The highest BCUT2D eigenvalue weighted by atomic mass is 32.2. The van der Waals surface area contributed by atoms with Gasteiger partial charge >= 0.3 is 0 Å². The molecule has 0 unspecified atom stereocenters. The molecule has 5 nitrogen and oxygen atoms in total. The highest BCUT2D eigenvalue weighted by Gasteiger charge is 2.33. The molecule has 2 heterocycles. The van der Waals surface area contributed by atoms with Gasteiger partial charge in [-0.05, 0) is 24.3 Å². The van der Waals surface area contributed by atoms with E-state index in [1.807, 2.05) is 12.1 Å². The van der Waals surface area contributed by atoms with Crippen LogP contribution in [0.2, 0.25) is 0 Å². The van der Waals surface area contributed by atoms with Gasteiger partial charge in [0.1, 0.15) is 0 Å². The second-order valence-electron chi connectivity index (χ2n) is 5.59. The summed E-state index contributed by atoms with van der Waals surface area (Å²) >= 11 is 0. The smallest absolute Gasteiger partial charge is 0.264 e. The maximum absolute atomic E-state index is 12.7. The molecule has 2 aromatic carbocycles. The Morgan fingerprint density at radius 3 is 2.43 bits per heavy atom. The first kappa shape index (κ1) is 14.0. The standard InChI is InChI=1S/C17H14N2O3S/c1-18-13-8-9-14-17(11(13)7-10-16(18)20)12-5-3-4-6-15(12)23(21,22)19(14)2/h3-10H,1-2H3. The summed E-state index contributed by atoms with van der Waals surface area (Å²) in [7, 11) is -0.288. The molecule has 0 amide bonds. The highest BCUT2D eigenvalue weighted by Crippen LogP contribution is 2.45. The highest BCUT2D eigenvalue weighted by molar-refractivity contribution is 7.93. The van der Waals surface area contributed by atoms with Gasteiger partial charge in [0.15, 0.2) is 0 Å². The van der Waals surface area contributed by atoms with E-state index in [9.17, 15) is 13.2 Å². The fraction of sp³-hybridized carbons (Fsp3) is 0.118. The molecule has 0 N–H and O–H groups in total. The van der Waals surface area contributed by atoms with Crippen LogP contribution >= 0.6 is 0 Å². The Hall–Kier alpha value is -2.60. The van der Waals surface area contributed by atoms with Crippen LogP contribution in [0, 0.1) is 0 Å². The van der Waals surface area contributed by atoms with E-state index in [0.717, 1.165) is 16.5 Å². The Morgan fingerprint density at radius 2 is 1.65 bits per heavy atom. The summed E-state index contributed by atoms with van der Waals surface area (Å²) in [5.41, 5.74) is 2.81.